The van der Waals surface area contributed by atoms with Gasteiger partial charge in [0.25, 0.3) is 12.1 Å². The molecule has 1 aromatic heterocycles. The molecule has 0 saturated carbocycles. The molecule has 1 heterocycles. The first-order valence-electron chi connectivity index (χ1n) is 6.07. The summed E-state index contributed by atoms with van der Waals surface area (Å²) in [7, 11) is 0. The number of halogens is 1. The van der Waals surface area contributed by atoms with Crippen molar-refractivity contribution in [1.29, 1.82) is 0 Å². The highest BCUT2D eigenvalue weighted by atomic mass is 35.5. The monoisotopic (exact) mass is 287 g/mol. The fourth-order valence-corrected chi connectivity index (χ4v) is 2.04. The van der Waals surface area contributed by atoms with E-state index in [1.807, 2.05) is 24.3 Å². The van der Waals surface area contributed by atoms with Crippen LogP contribution >= 0.6 is 0 Å². The van der Waals surface area contributed by atoms with Crippen molar-refractivity contribution in [1.82, 2.24) is 5.27 Å². The van der Waals surface area contributed by atoms with Crippen molar-refractivity contribution < 1.29 is 21.6 Å². The molecule has 0 aliphatic carbocycles. The molecule has 0 saturated heterocycles. The van der Waals surface area contributed by atoms with Gasteiger partial charge >= 0.3 is 0 Å². The second-order valence-electron chi connectivity index (χ2n) is 4.37. The summed E-state index contributed by atoms with van der Waals surface area (Å²) in [5.41, 5.74) is 9.05. The van der Waals surface area contributed by atoms with Crippen molar-refractivity contribution in [3.05, 3.63) is 66.4 Å². The number of nitrogens with zero attached hydrogens (tertiary/aromatic N) is 2. The van der Waals surface area contributed by atoms with E-state index in [1.54, 1.807) is 10.9 Å². The summed E-state index contributed by atoms with van der Waals surface area (Å²) in [4.78, 5) is 0. The standard InChI is InChI=1S/C15H14N3O.ClH/c16-15-11-18(17-19-15)10-12-5-4-8-14(9-12)13-6-2-1-3-7-13;/h1-9,11H,10,16H2;1H/q+1;/p-1. The van der Waals surface area contributed by atoms with Gasteiger partial charge in [-0.3, -0.25) is 4.52 Å². The summed E-state index contributed by atoms with van der Waals surface area (Å²) in [6.07, 6.45) is 1.68. The largest absolute Gasteiger partial charge is 1.00 e. The minimum absolute atomic E-state index is 0. The summed E-state index contributed by atoms with van der Waals surface area (Å²) in [6.45, 7) is 0.640. The van der Waals surface area contributed by atoms with Gasteiger partial charge in [-0.15, -0.1) is 0 Å². The predicted octanol–water partition coefficient (Wildman–Crippen LogP) is -0.736. The van der Waals surface area contributed by atoms with Crippen LogP contribution in [-0.2, 0) is 6.54 Å². The van der Waals surface area contributed by atoms with Crippen LogP contribution in [0.5, 0.6) is 0 Å². The Kier molecular flexibility index (Phi) is 4.38. The molecule has 0 unspecified atom stereocenters. The molecule has 3 rings (SSSR count). The molecule has 102 valence electrons. The maximum atomic E-state index is 5.50. The second kappa shape index (κ2) is 6.21. The normalized spacial score (nSPS) is 10.0. The van der Waals surface area contributed by atoms with Gasteiger partial charge < -0.3 is 18.1 Å². The Labute approximate surface area is 123 Å². The zero-order valence-electron chi connectivity index (χ0n) is 10.7. The highest BCUT2D eigenvalue weighted by Gasteiger charge is 2.10. The molecular formula is C15H14ClN3O. The van der Waals surface area contributed by atoms with Crippen molar-refractivity contribution in [2.75, 3.05) is 5.73 Å². The second-order valence-corrected chi connectivity index (χ2v) is 4.37. The smallest absolute Gasteiger partial charge is 0.293 e. The molecule has 2 aromatic carbocycles. The van der Waals surface area contributed by atoms with Crippen molar-refractivity contribution in [2.45, 2.75) is 6.54 Å². The predicted molar refractivity (Wildman–Crippen MR) is 72.1 cm³/mol. The van der Waals surface area contributed by atoms with Crippen LogP contribution in [0.2, 0.25) is 0 Å². The average Bonchev–Trinajstić information content (AvgIpc) is 2.85. The van der Waals surface area contributed by atoms with Crippen LogP contribution in [-0.4, -0.2) is 5.27 Å². The van der Waals surface area contributed by atoms with Crippen LogP contribution in [0.25, 0.3) is 11.1 Å². The number of nitrogen functional groups attached to an aromatic ring is 1. The van der Waals surface area contributed by atoms with Crippen molar-refractivity contribution >= 4 is 5.88 Å². The van der Waals surface area contributed by atoms with Gasteiger partial charge in [0.05, 0.1) is 0 Å². The molecular weight excluding hydrogens is 274 g/mol. The first-order chi connectivity index (χ1) is 9.31. The minimum atomic E-state index is 0. The lowest BCUT2D eigenvalue weighted by Gasteiger charge is -2.02. The Morgan fingerprint density at radius 3 is 2.45 bits per heavy atom. The van der Waals surface area contributed by atoms with Crippen molar-refractivity contribution in [3.8, 4) is 11.1 Å². The Morgan fingerprint density at radius 1 is 1.00 bits per heavy atom. The highest BCUT2D eigenvalue weighted by molar-refractivity contribution is 5.63. The molecule has 20 heavy (non-hydrogen) atoms. The third-order valence-corrected chi connectivity index (χ3v) is 2.91. The lowest BCUT2D eigenvalue weighted by atomic mass is 10.0. The van der Waals surface area contributed by atoms with E-state index in [1.165, 1.54) is 11.1 Å². The molecule has 0 radical (unpaired) electrons. The maximum absolute atomic E-state index is 5.50. The van der Waals surface area contributed by atoms with Gasteiger partial charge in [-0.25, -0.2) is 0 Å². The van der Waals surface area contributed by atoms with Crippen LogP contribution in [0.4, 0.5) is 5.88 Å². The summed E-state index contributed by atoms with van der Waals surface area (Å²) >= 11 is 0. The van der Waals surface area contributed by atoms with Gasteiger partial charge in [0.1, 0.15) is 0 Å². The number of benzene rings is 2. The van der Waals surface area contributed by atoms with Gasteiger partial charge in [0.2, 0.25) is 11.8 Å². The molecule has 0 spiro atoms. The van der Waals surface area contributed by atoms with Gasteiger partial charge in [-0.1, -0.05) is 48.5 Å². The summed E-state index contributed by atoms with van der Waals surface area (Å²) < 4.78 is 6.52. The minimum Gasteiger partial charge on any atom is -1.00 e. The molecule has 0 aliphatic heterocycles. The van der Waals surface area contributed by atoms with E-state index in [-0.39, 0.29) is 12.4 Å². The summed E-state index contributed by atoms with van der Waals surface area (Å²) in [5, 5.41) is 3.83. The molecule has 5 heteroatoms. The third kappa shape index (κ3) is 3.16. The zero-order chi connectivity index (χ0) is 13.1. The molecule has 3 aromatic rings. The number of aromatic nitrogens is 2. The van der Waals surface area contributed by atoms with Crippen molar-refractivity contribution in [3.63, 3.8) is 0 Å². The van der Waals surface area contributed by atoms with Crippen LogP contribution in [0.15, 0.2) is 65.3 Å². The number of hydrogen-bond donors (Lipinski definition) is 1. The highest BCUT2D eigenvalue weighted by Crippen LogP contribution is 2.19. The lowest BCUT2D eigenvalue weighted by Crippen LogP contribution is -3.00. The molecule has 0 bridgehead atoms. The van der Waals surface area contributed by atoms with E-state index in [2.05, 4.69) is 35.6 Å². The van der Waals surface area contributed by atoms with Crippen LogP contribution in [0.1, 0.15) is 5.56 Å². The Bertz CT molecular complexity index is 682. The van der Waals surface area contributed by atoms with Gasteiger partial charge in [-0.05, 0) is 21.9 Å². The SMILES string of the molecule is Nc1c[n+](Cc2cccc(-c3ccccc3)c2)no1.[Cl-]. The number of anilines is 1. The molecule has 0 fully saturated rings. The van der Waals surface area contributed by atoms with Crippen molar-refractivity contribution in [2.24, 2.45) is 0 Å². The van der Waals surface area contributed by atoms with E-state index < -0.39 is 0 Å². The molecule has 0 aliphatic rings. The van der Waals surface area contributed by atoms with Crippen LogP contribution < -0.4 is 22.8 Å². The topological polar surface area (TPSA) is 55.9 Å². The third-order valence-electron chi connectivity index (χ3n) is 2.91. The number of hydrogen-bond acceptors (Lipinski definition) is 3. The molecule has 0 atom stereocenters. The lowest BCUT2D eigenvalue weighted by molar-refractivity contribution is -0.754. The quantitative estimate of drug-likeness (QED) is 0.646. The van der Waals surface area contributed by atoms with Gasteiger partial charge in [0.15, 0.2) is 0 Å². The summed E-state index contributed by atoms with van der Waals surface area (Å²) in [5.74, 6) is 0.319. The van der Waals surface area contributed by atoms with E-state index in [0.29, 0.717) is 12.4 Å². The van der Waals surface area contributed by atoms with E-state index >= 15 is 0 Å². The van der Waals surface area contributed by atoms with E-state index in [4.69, 9.17) is 10.3 Å². The average molecular weight is 288 g/mol. The van der Waals surface area contributed by atoms with Gasteiger partial charge in [0, 0.05) is 5.56 Å². The number of rotatable bonds is 3. The first kappa shape index (κ1) is 14.1. The fourth-order valence-electron chi connectivity index (χ4n) is 2.04. The summed E-state index contributed by atoms with van der Waals surface area (Å²) in [6, 6.07) is 18.6. The van der Waals surface area contributed by atoms with Gasteiger partial charge in [-0.2, -0.15) is 0 Å². The van der Waals surface area contributed by atoms with E-state index in [0.717, 1.165) is 5.56 Å². The molecule has 2 N–H and O–H groups in total. The van der Waals surface area contributed by atoms with E-state index in [9.17, 15) is 0 Å². The Hall–Kier alpha value is -2.33. The zero-order valence-corrected chi connectivity index (χ0v) is 11.5. The Balaban J connectivity index is 0.00000147. The molecule has 4 nitrogen and oxygen atoms in total. The van der Waals surface area contributed by atoms with Crippen LogP contribution in [0.3, 0.4) is 0 Å². The number of nitrogens with two attached hydrogens (primary N) is 1. The maximum Gasteiger partial charge on any atom is 0.293 e. The van der Waals surface area contributed by atoms with Crippen LogP contribution in [0, 0.1) is 0 Å². The Morgan fingerprint density at radius 2 is 1.75 bits per heavy atom. The first-order valence-corrected chi connectivity index (χ1v) is 6.07. The fraction of sp³-hybridized carbons (Fsp3) is 0.0667. The molecule has 0 amide bonds.